The Morgan fingerprint density at radius 2 is 1.27 bits per heavy atom. The number of alkyl carbamates (subject to hydrolysis) is 1. The Hall–Kier alpha value is -3.44. The SMILES string of the molecule is CC(C)(C)OC(=O)N[C@@H](Cc1ccccc1)[C@@H](O)C[C@@H](Cc1ccccc1)C(=O)CCc1ccccc1. The van der Waals surface area contributed by atoms with E-state index in [4.69, 9.17) is 4.74 Å². The average Bonchev–Trinajstić information content (AvgIpc) is 2.87. The maximum Gasteiger partial charge on any atom is 0.407 e. The Morgan fingerprint density at radius 3 is 1.78 bits per heavy atom. The molecule has 0 saturated carbocycles. The molecule has 0 saturated heterocycles. The lowest BCUT2D eigenvalue weighted by Crippen LogP contribution is -2.47. The number of ketones is 1. The molecule has 0 unspecified atom stereocenters. The first-order valence-electron chi connectivity index (χ1n) is 13.0. The first-order chi connectivity index (χ1) is 17.7. The molecular formula is C32H39NO4. The maximum atomic E-state index is 13.4. The van der Waals surface area contributed by atoms with Gasteiger partial charge < -0.3 is 15.2 Å². The van der Waals surface area contributed by atoms with E-state index in [9.17, 15) is 14.7 Å². The molecule has 5 heteroatoms. The van der Waals surface area contributed by atoms with Crippen LogP contribution in [0.15, 0.2) is 91.0 Å². The number of hydrogen-bond donors (Lipinski definition) is 2. The highest BCUT2D eigenvalue weighted by molar-refractivity contribution is 5.81. The summed E-state index contributed by atoms with van der Waals surface area (Å²) >= 11 is 0. The summed E-state index contributed by atoms with van der Waals surface area (Å²) in [5.74, 6) is -0.262. The second-order valence-electron chi connectivity index (χ2n) is 10.6. The van der Waals surface area contributed by atoms with Crippen molar-refractivity contribution in [3.8, 4) is 0 Å². The second-order valence-corrected chi connectivity index (χ2v) is 10.6. The van der Waals surface area contributed by atoms with Crippen LogP contribution in [0.1, 0.15) is 50.3 Å². The van der Waals surface area contributed by atoms with Crippen molar-refractivity contribution >= 4 is 11.9 Å². The third-order valence-corrected chi connectivity index (χ3v) is 6.27. The Balaban J connectivity index is 1.76. The summed E-state index contributed by atoms with van der Waals surface area (Å²) in [6.07, 6.45) is 0.759. The number of Topliss-reactive ketones (excluding diaryl/α,β-unsaturated/α-hetero) is 1. The molecule has 0 heterocycles. The number of carbonyl (C=O) groups excluding carboxylic acids is 2. The van der Waals surface area contributed by atoms with Crippen LogP contribution in [0.25, 0.3) is 0 Å². The summed E-state index contributed by atoms with van der Waals surface area (Å²) in [7, 11) is 0. The van der Waals surface area contributed by atoms with Crippen molar-refractivity contribution in [2.24, 2.45) is 5.92 Å². The van der Waals surface area contributed by atoms with Crippen LogP contribution in [0.2, 0.25) is 0 Å². The molecule has 5 nitrogen and oxygen atoms in total. The highest BCUT2D eigenvalue weighted by Crippen LogP contribution is 2.22. The zero-order valence-corrected chi connectivity index (χ0v) is 22.1. The number of nitrogens with one attached hydrogen (secondary N) is 1. The van der Waals surface area contributed by atoms with Crippen molar-refractivity contribution in [1.82, 2.24) is 5.32 Å². The van der Waals surface area contributed by atoms with Crippen LogP contribution < -0.4 is 5.32 Å². The van der Waals surface area contributed by atoms with Crippen molar-refractivity contribution in [3.63, 3.8) is 0 Å². The Morgan fingerprint density at radius 1 is 0.784 bits per heavy atom. The summed E-state index contributed by atoms with van der Waals surface area (Å²) in [5.41, 5.74) is 2.49. The molecular weight excluding hydrogens is 462 g/mol. The molecule has 0 aliphatic heterocycles. The molecule has 37 heavy (non-hydrogen) atoms. The smallest absolute Gasteiger partial charge is 0.407 e. The molecule has 1 amide bonds. The summed E-state index contributed by atoms with van der Waals surface area (Å²) in [5, 5.41) is 14.2. The largest absolute Gasteiger partial charge is 0.444 e. The fourth-order valence-corrected chi connectivity index (χ4v) is 4.41. The highest BCUT2D eigenvalue weighted by Gasteiger charge is 2.29. The zero-order valence-electron chi connectivity index (χ0n) is 22.1. The predicted octanol–water partition coefficient (Wildman–Crippen LogP) is 5.93. The maximum absolute atomic E-state index is 13.4. The number of aliphatic hydroxyl groups excluding tert-OH is 1. The van der Waals surface area contributed by atoms with Crippen LogP contribution in [0.4, 0.5) is 4.79 Å². The lowest BCUT2D eigenvalue weighted by Gasteiger charge is -2.29. The van der Waals surface area contributed by atoms with E-state index in [-0.39, 0.29) is 18.1 Å². The highest BCUT2D eigenvalue weighted by atomic mass is 16.6. The first kappa shape index (κ1) is 28.1. The molecule has 0 spiro atoms. The molecule has 3 aromatic carbocycles. The van der Waals surface area contributed by atoms with Crippen molar-refractivity contribution in [2.75, 3.05) is 0 Å². The molecule has 3 atom stereocenters. The van der Waals surface area contributed by atoms with Crippen LogP contribution in [0.5, 0.6) is 0 Å². The van der Waals surface area contributed by atoms with Gasteiger partial charge >= 0.3 is 6.09 Å². The van der Waals surface area contributed by atoms with Crippen molar-refractivity contribution in [1.29, 1.82) is 0 Å². The van der Waals surface area contributed by atoms with Gasteiger partial charge in [-0.15, -0.1) is 0 Å². The quantitative estimate of drug-likeness (QED) is 0.322. The molecule has 0 aliphatic carbocycles. The Kier molecular flexibility index (Phi) is 10.5. The molecule has 0 aliphatic rings. The molecule has 0 aromatic heterocycles. The minimum absolute atomic E-state index is 0.113. The summed E-state index contributed by atoms with van der Waals surface area (Å²) in [6, 6.07) is 28.9. The van der Waals surface area contributed by atoms with E-state index in [0.717, 1.165) is 16.7 Å². The number of aliphatic hydroxyl groups is 1. The molecule has 2 N–H and O–H groups in total. The van der Waals surface area contributed by atoms with E-state index in [0.29, 0.717) is 25.7 Å². The average molecular weight is 502 g/mol. The van der Waals surface area contributed by atoms with Crippen molar-refractivity contribution < 1.29 is 19.4 Å². The fourth-order valence-electron chi connectivity index (χ4n) is 4.41. The van der Waals surface area contributed by atoms with Gasteiger partial charge in [-0.05, 0) is 63.1 Å². The number of ether oxygens (including phenoxy) is 1. The van der Waals surface area contributed by atoms with Crippen LogP contribution in [-0.2, 0) is 28.8 Å². The molecule has 0 fully saturated rings. The molecule has 3 aromatic rings. The van der Waals surface area contributed by atoms with Gasteiger partial charge in [0.1, 0.15) is 11.4 Å². The van der Waals surface area contributed by atoms with E-state index in [1.807, 2.05) is 91.0 Å². The summed E-state index contributed by atoms with van der Waals surface area (Å²) in [6.45, 7) is 5.41. The minimum atomic E-state index is -0.929. The van der Waals surface area contributed by atoms with Gasteiger partial charge in [0.15, 0.2) is 0 Å². The van der Waals surface area contributed by atoms with Gasteiger partial charge in [0.25, 0.3) is 0 Å². The molecule has 3 rings (SSSR count). The number of amides is 1. The molecule has 0 bridgehead atoms. The van der Waals surface area contributed by atoms with E-state index in [2.05, 4.69) is 5.32 Å². The van der Waals surface area contributed by atoms with Crippen LogP contribution in [0, 0.1) is 5.92 Å². The monoisotopic (exact) mass is 501 g/mol. The molecule has 0 radical (unpaired) electrons. The Labute approximate surface area is 220 Å². The summed E-state index contributed by atoms with van der Waals surface area (Å²) < 4.78 is 5.46. The van der Waals surface area contributed by atoms with Crippen LogP contribution in [0.3, 0.4) is 0 Å². The number of rotatable bonds is 12. The zero-order chi connectivity index (χ0) is 26.7. The minimum Gasteiger partial charge on any atom is -0.444 e. The number of aryl methyl sites for hydroxylation is 1. The van der Waals surface area contributed by atoms with Gasteiger partial charge in [-0.1, -0.05) is 91.0 Å². The predicted molar refractivity (Wildman–Crippen MR) is 147 cm³/mol. The van der Waals surface area contributed by atoms with Crippen molar-refractivity contribution in [3.05, 3.63) is 108 Å². The number of carbonyl (C=O) groups is 2. The Bertz CT molecular complexity index is 1090. The summed E-state index contributed by atoms with van der Waals surface area (Å²) in [4.78, 5) is 26.0. The van der Waals surface area contributed by atoms with E-state index in [1.54, 1.807) is 20.8 Å². The third-order valence-electron chi connectivity index (χ3n) is 6.27. The van der Waals surface area contributed by atoms with E-state index < -0.39 is 23.8 Å². The first-order valence-corrected chi connectivity index (χ1v) is 13.0. The standard InChI is InChI=1S/C32H39NO4/c1-32(2,3)37-31(36)33-28(22-26-17-11-6-12-18-26)30(35)23-27(21-25-15-9-5-10-16-25)29(34)20-19-24-13-7-4-8-14-24/h4-18,27-28,30,35H,19-23H2,1-3H3,(H,33,36)/t27-,28+,30+/m1/s1. The van der Waals surface area contributed by atoms with Gasteiger partial charge in [0, 0.05) is 12.3 Å². The van der Waals surface area contributed by atoms with Crippen LogP contribution in [-0.4, -0.2) is 34.7 Å². The van der Waals surface area contributed by atoms with Crippen LogP contribution >= 0.6 is 0 Å². The lowest BCUT2D eigenvalue weighted by atomic mass is 9.85. The third kappa shape index (κ3) is 10.2. The van der Waals surface area contributed by atoms with Crippen molar-refractivity contribution in [2.45, 2.75) is 70.6 Å². The van der Waals surface area contributed by atoms with Gasteiger partial charge in [-0.2, -0.15) is 0 Å². The van der Waals surface area contributed by atoms with Gasteiger partial charge in [-0.3, -0.25) is 4.79 Å². The number of benzene rings is 3. The molecule has 196 valence electrons. The van der Waals surface area contributed by atoms with Gasteiger partial charge in [-0.25, -0.2) is 4.79 Å². The fraction of sp³-hybridized carbons (Fsp3) is 0.375. The lowest BCUT2D eigenvalue weighted by molar-refractivity contribution is -0.124. The van der Waals surface area contributed by atoms with Gasteiger partial charge in [0.2, 0.25) is 0 Å². The van der Waals surface area contributed by atoms with E-state index in [1.165, 1.54) is 0 Å². The topological polar surface area (TPSA) is 75.6 Å². The van der Waals surface area contributed by atoms with Gasteiger partial charge in [0.05, 0.1) is 12.1 Å². The second kappa shape index (κ2) is 13.8. The van der Waals surface area contributed by atoms with E-state index >= 15 is 0 Å². The number of hydrogen-bond acceptors (Lipinski definition) is 4. The normalized spacial score (nSPS) is 13.8.